The minimum atomic E-state index is 0.459. The van der Waals surface area contributed by atoms with Crippen molar-refractivity contribution in [3.8, 4) is 5.75 Å². The molecule has 0 radical (unpaired) electrons. The van der Waals surface area contributed by atoms with Crippen LogP contribution in [0.15, 0.2) is 35.4 Å². The molecule has 0 amide bonds. The third kappa shape index (κ3) is 1.97. The first-order valence-electron chi connectivity index (χ1n) is 8.32. The van der Waals surface area contributed by atoms with E-state index in [-0.39, 0.29) is 0 Å². The van der Waals surface area contributed by atoms with Crippen molar-refractivity contribution in [2.75, 3.05) is 7.11 Å². The number of hydrogen-bond donors (Lipinski definition) is 0. The highest BCUT2D eigenvalue weighted by molar-refractivity contribution is 5.79. The Morgan fingerprint density at radius 1 is 1.05 bits per heavy atom. The van der Waals surface area contributed by atoms with Gasteiger partial charge in [-0.05, 0) is 90.3 Å². The van der Waals surface area contributed by atoms with Crippen LogP contribution in [0, 0.1) is 5.41 Å². The summed E-state index contributed by atoms with van der Waals surface area (Å²) in [5.74, 6) is 0.996. The Hall–Kier alpha value is -1.50. The average molecular weight is 280 g/mol. The van der Waals surface area contributed by atoms with E-state index in [1.165, 1.54) is 56.1 Å². The first-order chi connectivity index (χ1) is 10.2. The lowest BCUT2D eigenvalue weighted by atomic mass is 9.61. The first kappa shape index (κ1) is 13.2. The Labute approximate surface area is 127 Å². The van der Waals surface area contributed by atoms with Crippen molar-refractivity contribution in [3.05, 3.63) is 46.5 Å². The summed E-state index contributed by atoms with van der Waals surface area (Å²) < 4.78 is 5.39. The Morgan fingerprint density at radius 3 is 2.81 bits per heavy atom. The molecule has 0 unspecified atom stereocenters. The third-order valence-corrected chi connectivity index (χ3v) is 5.83. The molecule has 1 nitrogen and oxygen atoms in total. The zero-order valence-corrected chi connectivity index (χ0v) is 13.2. The molecule has 0 aliphatic heterocycles. The summed E-state index contributed by atoms with van der Waals surface area (Å²) in [6, 6.07) is 6.65. The monoisotopic (exact) mass is 280 g/mol. The summed E-state index contributed by atoms with van der Waals surface area (Å²) in [6.07, 6.45) is 11.5. The lowest BCUT2D eigenvalue weighted by Gasteiger charge is -2.43. The van der Waals surface area contributed by atoms with E-state index < -0.39 is 0 Å². The van der Waals surface area contributed by atoms with Crippen LogP contribution >= 0.6 is 0 Å². The predicted octanol–water partition coefficient (Wildman–Crippen LogP) is 5.31. The summed E-state index contributed by atoms with van der Waals surface area (Å²) >= 11 is 0. The van der Waals surface area contributed by atoms with Crippen LogP contribution in [0.25, 0.3) is 5.57 Å². The molecule has 0 saturated carbocycles. The van der Waals surface area contributed by atoms with Gasteiger partial charge in [-0.15, -0.1) is 0 Å². The fraction of sp³-hybridized carbons (Fsp3) is 0.500. The number of benzene rings is 1. The molecule has 1 heteroatoms. The maximum absolute atomic E-state index is 5.39. The van der Waals surface area contributed by atoms with Crippen LogP contribution in [0.5, 0.6) is 5.75 Å². The van der Waals surface area contributed by atoms with Gasteiger partial charge < -0.3 is 4.74 Å². The zero-order valence-electron chi connectivity index (χ0n) is 13.2. The second-order valence-electron chi connectivity index (χ2n) is 7.05. The number of rotatable bonds is 1. The number of fused-ring (bicyclic) bond motifs is 4. The summed E-state index contributed by atoms with van der Waals surface area (Å²) in [6.45, 7) is 2.49. The minimum Gasteiger partial charge on any atom is -0.497 e. The normalized spacial score (nSPS) is 27.4. The first-order valence-corrected chi connectivity index (χ1v) is 8.32. The van der Waals surface area contributed by atoms with Gasteiger partial charge in [-0.2, -0.15) is 0 Å². The minimum absolute atomic E-state index is 0.459. The van der Waals surface area contributed by atoms with E-state index >= 15 is 0 Å². The lowest BCUT2D eigenvalue weighted by molar-refractivity contribution is 0.310. The van der Waals surface area contributed by atoms with Gasteiger partial charge in [0.1, 0.15) is 5.75 Å². The molecule has 1 aromatic rings. The Bertz CT molecular complexity index is 650. The average Bonchev–Trinajstić information content (AvgIpc) is 2.53. The lowest BCUT2D eigenvalue weighted by Crippen LogP contribution is -2.29. The zero-order chi connectivity index (χ0) is 14.4. The molecule has 1 aromatic carbocycles. The standard InChI is InChI=1S/C20H24O/c1-20-11-4-3-5-19(20)18-8-6-14-13-15(21-2)7-9-16(14)17(18)10-12-20/h5,7,9,13H,3-4,6,8,10-12H2,1-2H3/t20-/m0/s1. The summed E-state index contributed by atoms with van der Waals surface area (Å²) in [5.41, 5.74) is 8.43. The molecule has 0 saturated heterocycles. The fourth-order valence-corrected chi connectivity index (χ4v) is 4.62. The van der Waals surface area contributed by atoms with E-state index in [1.807, 2.05) is 0 Å². The van der Waals surface area contributed by atoms with Gasteiger partial charge in [-0.3, -0.25) is 0 Å². The van der Waals surface area contributed by atoms with Crippen molar-refractivity contribution in [1.29, 1.82) is 0 Å². The third-order valence-electron chi connectivity index (χ3n) is 5.83. The van der Waals surface area contributed by atoms with E-state index in [2.05, 4.69) is 31.2 Å². The van der Waals surface area contributed by atoms with Crippen LogP contribution < -0.4 is 4.74 Å². The van der Waals surface area contributed by atoms with Crippen molar-refractivity contribution in [2.24, 2.45) is 5.41 Å². The van der Waals surface area contributed by atoms with Crippen molar-refractivity contribution in [3.63, 3.8) is 0 Å². The smallest absolute Gasteiger partial charge is 0.119 e. The number of ether oxygens (including phenoxy) is 1. The molecule has 21 heavy (non-hydrogen) atoms. The maximum atomic E-state index is 5.39. The largest absolute Gasteiger partial charge is 0.497 e. The van der Waals surface area contributed by atoms with Crippen LogP contribution in [0.4, 0.5) is 0 Å². The molecule has 1 atom stereocenters. The van der Waals surface area contributed by atoms with Gasteiger partial charge in [0.05, 0.1) is 7.11 Å². The molecule has 0 bridgehead atoms. The highest BCUT2D eigenvalue weighted by atomic mass is 16.5. The van der Waals surface area contributed by atoms with E-state index in [1.54, 1.807) is 23.8 Å². The Balaban J connectivity index is 1.83. The molecule has 3 aliphatic carbocycles. The molecule has 0 spiro atoms. The second-order valence-corrected chi connectivity index (χ2v) is 7.05. The van der Waals surface area contributed by atoms with Crippen LogP contribution in [0.3, 0.4) is 0 Å². The molecule has 0 N–H and O–H groups in total. The summed E-state index contributed by atoms with van der Waals surface area (Å²) in [4.78, 5) is 0. The molecular weight excluding hydrogens is 256 g/mol. The predicted molar refractivity (Wildman–Crippen MR) is 87.5 cm³/mol. The van der Waals surface area contributed by atoms with E-state index in [0.717, 1.165) is 5.75 Å². The van der Waals surface area contributed by atoms with Crippen molar-refractivity contribution in [2.45, 2.75) is 51.9 Å². The number of allylic oxidation sites excluding steroid dienone is 4. The number of hydrogen-bond acceptors (Lipinski definition) is 1. The van der Waals surface area contributed by atoms with Gasteiger partial charge in [-0.1, -0.05) is 19.1 Å². The fourth-order valence-electron chi connectivity index (χ4n) is 4.62. The van der Waals surface area contributed by atoms with Crippen molar-refractivity contribution < 1.29 is 4.74 Å². The van der Waals surface area contributed by atoms with Gasteiger partial charge in [0, 0.05) is 0 Å². The van der Waals surface area contributed by atoms with Crippen LogP contribution in [0.1, 0.15) is 56.6 Å². The second kappa shape index (κ2) is 4.76. The van der Waals surface area contributed by atoms with Crippen LogP contribution in [-0.2, 0) is 6.42 Å². The van der Waals surface area contributed by atoms with Crippen molar-refractivity contribution >= 4 is 5.57 Å². The Morgan fingerprint density at radius 2 is 1.95 bits per heavy atom. The van der Waals surface area contributed by atoms with Gasteiger partial charge in [-0.25, -0.2) is 0 Å². The molecule has 0 aromatic heterocycles. The van der Waals surface area contributed by atoms with Gasteiger partial charge in [0.2, 0.25) is 0 Å². The van der Waals surface area contributed by atoms with Gasteiger partial charge in [0.25, 0.3) is 0 Å². The highest BCUT2D eigenvalue weighted by Crippen LogP contribution is 2.54. The topological polar surface area (TPSA) is 9.23 Å². The molecular formula is C20H24O. The molecule has 0 heterocycles. The van der Waals surface area contributed by atoms with E-state index in [9.17, 15) is 0 Å². The van der Waals surface area contributed by atoms with Gasteiger partial charge >= 0.3 is 0 Å². The highest BCUT2D eigenvalue weighted by Gasteiger charge is 2.38. The molecule has 110 valence electrons. The van der Waals surface area contributed by atoms with E-state index in [4.69, 9.17) is 4.74 Å². The van der Waals surface area contributed by atoms with Crippen molar-refractivity contribution in [1.82, 2.24) is 0 Å². The maximum Gasteiger partial charge on any atom is 0.119 e. The Kier molecular flexibility index (Phi) is 2.99. The molecule has 3 aliphatic rings. The number of aryl methyl sites for hydroxylation is 1. The SMILES string of the molecule is COc1ccc2c(c1)CCC1=C2CC[C@]2(C)CCCC=C12. The van der Waals surface area contributed by atoms with Crippen LogP contribution in [0.2, 0.25) is 0 Å². The summed E-state index contributed by atoms with van der Waals surface area (Å²) in [7, 11) is 1.76. The molecule has 4 rings (SSSR count). The van der Waals surface area contributed by atoms with Crippen LogP contribution in [-0.4, -0.2) is 7.11 Å². The number of methoxy groups -OCH3 is 1. The quantitative estimate of drug-likeness (QED) is 0.677. The van der Waals surface area contributed by atoms with E-state index in [0.29, 0.717) is 5.41 Å². The summed E-state index contributed by atoms with van der Waals surface area (Å²) in [5, 5.41) is 0. The van der Waals surface area contributed by atoms with Gasteiger partial charge in [0.15, 0.2) is 0 Å². The molecule has 0 fully saturated rings.